The van der Waals surface area contributed by atoms with Crippen LogP contribution in [0.15, 0.2) is 48.5 Å². The molecule has 0 aromatic heterocycles. The Morgan fingerprint density at radius 1 is 0.923 bits per heavy atom. The molecule has 0 radical (unpaired) electrons. The van der Waals surface area contributed by atoms with Crippen LogP contribution in [-0.2, 0) is 4.79 Å². The Hall–Kier alpha value is -3.23. The number of hydrogen-bond donors (Lipinski definition) is 2. The molecule has 0 saturated heterocycles. The second-order valence-corrected chi connectivity index (χ2v) is 5.01. The number of rotatable bonds is 6. The van der Waals surface area contributed by atoms with Crippen LogP contribution in [0, 0.1) is 5.82 Å². The smallest absolute Gasteiger partial charge is 0.387 e. The molecule has 0 aliphatic rings. The summed E-state index contributed by atoms with van der Waals surface area (Å²) in [5, 5.41) is 0. The molecule has 0 fully saturated rings. The molecule has 1 unspecified atom stereocenters. The van der Waals surface area contributed by atoms with Crippen LogP contribution in [0.25, 0.3) is 0 Å². The van der Waals surface area contributed by atoms with Crippen molar-refractivity contribution in [3.05, 3.63) is 59.9 Å². The van der Waals surface area contributed by atoms with Gasteiger partial charge in [0.2, 0.25) is 0 Å². The largest absolute Gasteiger partial charge is 0.478 e. The maximum atomic E-state index is 13.5. The van der Waals surface area contributed by atoms with Gasteiger partial charge in [-0.1, -0.05) is 24.3 Å². The zero-order valence-corrected chi connectivity index (χ0v) is 13.5. The molecule has 0 aliphatic carbocycles. The van der Waals surface area contributed by atoms with Crippen LogP contribution in [-0.4, -0.2) is 24.5 Å². The van der Waals surface area contributed by atoms with Crippen molar-refractivity contribution in [1.82, 2.24) is 10.9 Å². The zero-order chi connectivity index (χ0) is 19.1. The lowest BCUT2D eigenvalue weighted by atomic mass is 10.2. The summed E-state index contributed by atoms with van der Waals surface area (Å²) in [7, 11) is 0. The number of carbonyl (C=O) groups is 2. The second-order valence-electron chi connectivity index (χ2n) is 5.01. The first-order valence-corrected chi connectivity index (χ1v) is 7.43. The lowest BCUT2D eigenvalue weighted by Gasteiger charge is -2.16. The summed E-state index contributed by atoms with van der Waals surface area (Å²) < 4.78 is 47.6. The molecular formula is C17H15F3N2O4. The van der Waals surface area contributed by atoms with Gasteiger partial charge in [0.05, 0.1) is 5.56 Å². The number of benzene rings is 2. The zero-order valence-electron chi connectivity index (χ0n) is 13.5. The van der Waals surface area contributed by atoms with Gasteiger partial charge in [-0.05, 0) is 31.2 Å². The van der Waals surface area contributed by atoms with Crippen molar-refractivity contribution in [2.24, 2.45) is 0 Å². The molecule has 2 aromatic rings. The third-order valence-electron chi connectivity index (χ3n) is 3.16. The van der Waals surface area contributed by atoms with Crippen molar-refractivity contribution >= 4 is 11.8 Å². The molecule has 0 spiro atoms. The first-order chi connectivity index (χ1) is 12.4. The van der Waals surface area contributed by atoms with Crippen molar-refractivity contribution in [1.29, 1.82) is 0 Å². The van der Waals surface area contributed by atoms with Crippen molar-refractivity contribution in [3.63, 3.8) is 0 Å². The predicted octanol–water partition coefficient (Wildman–Crippen LogP) is 2.66. The van der Waals surface area contributed by atoms with Crippen LogP contribution in [0.1, 0.15) is 17.3 Å². The number of ether oxygens (including phenoxy) is 2. The van der Waals surface area contributed by atoms with Crippen molar-refractivity contribution in [2.45, 2.75) is 19.6 Å². The minimum Gasteiger partial charge on any atom is -0.478 e. The molecule has 6 nitrogen and oxygen atoms in total. The number of amides is 2. The summed E-state index contributed by atoms with van der Waals surface area (Å²) in [5.74, 6) is -2.75. The van der Waals surface area contributed by atoms with Gasteiger partial charge in [-0.2, -0.15) is 8.78 Å². The highest BCUT2D eigenvalue weighted by atomic mass is 19.3. The average molecular weight is 368 g/mol. The predicted molar refractivity (Wildman–Crippen MR) is 85.2 cm³/mol. The number of halogens is 3. The molecule has 138 valence electrons. The summed E-state index contributed by atoms with van der Waals surface area (Å²) in [4.78, 5) is 24.0. The Morgan fingerprint density at radius 3 is 2.19 bits per heavy atom. The van der Waals surface area contributed by atoms with Crippen LogP contribution >= 0.6 is 0 Å². The number of nitrogens with one attached hydrogen (secondary N) is 2. The van der Waals surface area contributed by atoms with Crippen LogP contribution in [0.3, 0.4) is 0 Å². The highest BCUT2D eigenvalue weighted by Gasteiger charge is 2.19. The fourth-order valence-corrected chi connectivity index (χ4v) is 1.92. The Labute approximate surface area is 146 Å². The van der Waals surface area contributed by atoms with E-state index in [-0.39, 0.29) is 17.1 Å². The molecular weight excluding hydrogens is 353 g/mol. The molecule has 2 N–H and O–H groups in total. The third kappa shape index (κ3) is 5.13. The maximum absolute atomic E-state index is 13.5. The summed E-state index contributed by atoms with van der Waals surface area (Å²) in [6.45, 7) is -1.75. The molecule has 0 bridgehead atoms. The number of hydrogen-bond acceptors (Lipinski definition) is 4. The van der Waals surface area contributed by atoms with E-state index >= 15 is 0 Å². The lowest BCUT2D eigenvalue weighted by molar-refractivity contribution is -0.128. The van der Waals surface area contributed by atoms with Crippen molar-refractivity contribution in [3.8, 4) is 11.5 Å². The fourth-order valence-electron chi connectivity index (χ4n) is 1.92. The minimum absolute atomic E-state index is 0.128. The van der Waals surface area contributed by atoms with Crippen molar-refractivity contribution < 1.29 is 32.2 Å². The van der Waals surface area contributed by atoms with Crippen LogP contribution in [0.5, 0.6) is 11.5 Å². The monoisotopic (exact) mass is 368 g/mol. The standard InChI is InChI=1S/C17H15F3N2O4/c1-10(25-14-9-5-3-7-12(14)18)15(23)21-22-16(24)11-6-2-4-8-13(11)26-17(19)20/h2-10,17H,1H3,(H,21,23)(H,22,24). The SMILES string of the molecule is CC(Oc1ccccc1F)C(=O)NNC(=O)c1ccccc1OC(F)F. The molecule has 2 rings (SSSR count). The van der Waals surface area contributed by atoms with E-state index in [0.717, 1.165) is 0 Å². The van der Waals surface area contributed by atoms with Gasteiger partial charge in [-0.15, -0.1) is 0 Å². The van der Waals surface area contributed by atoms with E-state index in [1.54, 1.807) is 0 Å². The average Bonchev–Trinajstić information content (AvgIpc) is 2.61. The second kappa shape index (κ2) is 8.75. The van der Waals surface area contributed by atoms with E-state index in [2.05, 4.69) is 15.6 Å². The minimum atomic E-state index is -3.10. The van der Waals surface area contributed by atoms with E-state index in [1.165, 1.54) is 55.5 Å². The number of para-hydroxylation sites is 2. The molecule has 1 atom stereocenters. The van der Waals surface area contributed by atoms with Crippen molar-refractivity contribution in [2.75, 3.05) is 0 Å². The first-order valence-electron chi connectivity index (χ1n) is 7.43. The fraction of sp³-hybridized carbons (Fsp3) is 0.176. The number of alkyl halides is 2. The quantitative estimate of drug-likeness (QED) is 0.769. The van der Waals surface area contributed by atoms with Crippen LogP contribution < -0.4 is 20.3 Å². The van der Waals surface area contributed by atoms with E-state index in [9.17, 15) is 22.8 Å². The summed E-state index contributed by atoms with van der Waals surface area (Å²) >= 11 is 0. The van der Waals surface area contributed by atoms with Crippen LogP contribution in [0.4, 0.5) is 13.2 Å². The molecule has 26 heavy (non-hydrogen) atoms. The summed E-state index contributed by atoms with van der Waals surface area (Å²) in [5.41, 5.74) is 3.93. The Balaban J connectivity index is 1.95. The van der Waals surface area contributed by atoms with E-state index < -0.39 is 30.3 Å². The van der Waals surface area contributed by atoms with Gasteiger partial charge in [0.25, 0.3) is 11.8 Å². The highest BCUT2D eigenvalue weighted by Crippen LogP contribution is 2.20. The Bertz CT molecular complexity index is 786. The Kier molecular flexibility index (Phi) is 6.42. The summed E-state index contributed by atoms with van der Waals surface area (Å²) in [6, 6.07) is 10.8. The molecule has 0 aliphatic heterocycles. The lowest BCUT2D eigenvalue weighted by Crippen LogP contribution is -2.47. The van der Waals surface area contributed by atoms with Gasteiger partial charge in [-0.25, -0.2) is 4.39 Å². The van der Waals surface area contributed by atoms with Gasteiger partial charge >= 0.3 is 6.61 Å². The molecule has 2 amide bonds. The third-order valence-corrected chi connectivity index (χ3v) is 3.16. The van der Waals surface area contributed by atoms with Gasteiger partial charge < -0.3 is 9.47 Å². The van der Waals surface area contributed by atoms with Gasteiger partial charge in [-0.3, -0.25) is 20.4 Å². The van der Waals surface area contributed by atoms with Crippen LogP contribution in [0.2, 0.25) is 0 Å². The molecule has 0 saturated carbocycles. The van der Waals surface area contributed by atoms with E-state index in [4.69, 9.17) is 4.74 Å². The Morgan fingerprint density at radius 2 is 1.54 bits per heavy atom. The molecule has 0 heterocycles. The van der Waals surface area contributed by atoms with E-state index in [0.29, 0.717) is 0 Å². The van der Waals surface area contributed by atoms with Gasteiger partial charge in [0, 0.05) is 0 Å². The highest BCUT2D eigenvalue weighted by molar-refractivity contribution is 5.98. The topological polar surface area (TPSA) is 76.7 Å². The molecule has 2 aromatic carbocycles. The summed E-state index contributed by atoms with van der Waals surface area (Å²) in [6.07, 6.45) is -1.13. The van der Waals surface area contributed by atoms with Gasteiger partial charge in [0.1, 0.15) is 5.75 Å². The van der Waals surface area contributed by atoms with Gasteiger partial charge in [0.15, 0.2) is 17.7 Å². The molecule has 9 heteroatoms. The normalized spacial score (nSPS) is 11.6. The maximum Gasteiger partial charge on any atom is 0.387 e. The number of hydrazine groups is 1. The number of carbonyl (C=O) groups excluding carboxylic acids is 2. The first kappa shape index (κ1) is 19.1. The van der Waals surface area contributed by atoms with E-state index in [1.807, 2.05) is 0 Å².